The summed E-state index contributed by atoms with van der Waals surface area (Å²) in [6.45, 7) is 8.24. The minimum absolute atomic E-state index is 0.298. The lowest BCUT2D eigenvalue weighted by Gasteiger charge is -2.46. The maximum absolute atomic E-state index is 6.11. The van der Waals surface area contributed by atoms with Crippen LogP contribution in [0, 0.1) is 5.92 Å². The molecule has 0 radical (unpaired) electrons. The van der Waals surface area contributed by atoms with Gasteiger partial charge < -0.3 is 10.6 Å². The maximum Gasteiger partial charge on any atom is 0.0329 e. The third-order valence-electron chi connectivity index (χ3n) is 5.35. The predicted molar refractivity (Wildman–Crippen MR) is 77.7 cm³/mol. The molecule has 18 heavy (non-hydrogen) atoms. The van der Waals surface area contributed by atoms with E-state index in [1.54, 1.807) is 0 Å². The number of rotatable bonds is 5. The van der Waals surface area contributed by atoms with Crippen molar-refractivity contribution in [3.63, 3.8) is 0 Å². The first-order chi connectivity index (χ1) is 8.66. The van der Waals surface area contributed by atoms with Gasteiger partial charge in [-0.2, -0.15) is 0 Å². The molecule has 0 spiro atoms. The Morgan fingerprint density at radius 3 is 2.39 bits per heavy atom. The summed E-state index contributed by atoms with van der Waals surface area (Å²) in [6, 6.07) is 0. The Kier molecular flexibility index (Phi) is 5.05. The standard InChI is InChI=1S/C15H31N3/c1-14-5-7-15(13-16,8-6-14)17(2)11-12-18-9-3-4-10-18/h14H,3-13,16H2,1-2H3. The number of hydrogen-bond acceptors (Lipinski definition) is 3. The Balaban J connectivity index is 1.82. The van der Waals surface area contributed by atoms with Crippen LogP contribution in [0.25, 0.3) is 0 Å². The molecule has 0 aromatic carbocycles. The molecule has 2 fully saturated rings. The first-order valence-electron chi connectivity index (χ1n) is 7.80. The van der Waals surface area contributed by atoms with Gasteiger partial charge in [0.2, 0.25) is 0 Å². The Hall–Kier alpha value is -0.120. The monoisotopic (exact) mass is 253 g/mol. The Morgan fingerprint density at radius 2 is 1.83 bits per heavy atom. The molecule has 2 N–H and O–H groups in total. The summed E-state index contributed by atoms with van der Waals surface area (Å²) in [7, 11) is 2.29. The predicted octanol–water partition coefficient (Wildman–Crippen LogP) is 1.92. The minimum Gasteiger partial charge on any atom is -0.329 e. The fraction of sp³-hybridized carbons (Fsp3) is 1.00. The number of hydrogen-bond donors (Lipinski definition) is 1. The second-order valence-electron chi connectivity index (χ2n) is 6.58. The van der Waals surface area contributed by atoms with Gasteiger partial charge in [0.05, 0.1) is 0 Å². The van der Waals surface area contributed by atoms with Gasteiger partial charge in [-0.15, -0.1) is 0 Å². The molecule has 0 aromatic heterocycles. The summed E-state index contributed by atoms with van der Waals surface area (Å²) < 4.78 is 0. The largest absolute Gasteiger partial charge is 0.329 e. The van der Waals surface area contributed by atoms with Gasteiger partial charge in [-0.1, -0.05) is 6.92 Å². The summed E-state index contributed by atoms with van der Waals surface area (Å²) in [6.07, 6.45) is 8.07. The highest BCUT2D eigenvalue weighted by Gasteiger charge is 2.36. The molecule has 1 heterocycles. The molecule has 2 aliphatic rings. The highest BCUT2D eigenvalue weighted by atomic mass is 15.2. The van der Waals surface area contributed by atoms with E-state index in [1.807, 2.05) is 0 Å². The number of nitrogens with two attached hydrogens (primary N) is 1. The van der Waals surface area contributed by atoms with Gasteiger partial charge in [0.15, 0.2) is 0 Å². The van der Waals surface area contributed by atoms with Crippen LogP contribution >= 0.6 is 0 Å². The van der Waals surface area contributed by atoms with E-state index >= 15 is 0 Å². The molecule has 1 saturated heterocycles. The van der Waals surface area contributed by atoms with Crippen molar-refractivity contribution in [1.82, 2.24) is 9.80 Å². The first kappa shape index (κ1) is 14.3. The average molecular weight is 253 g/mol. The van der Waals surface area contributed by atoms with Crippen molar-refractivity contribution in [2.75, 3.05) is 39.8 Å². The van der Waals surface area contributed by atoms with Crippen molar-refractivity contribution in [2.45, 2.75) is 51.0 Å². The van der Waals surface area contributed by atoms with Crippen molar-refractivity contribution >= 4 is 0 Å². The van der Waals surface area contributed by atoms with Crippen molar-refractivity contribution in [3.8, 4) is 0 Å². The molecule has 1 saturated carbocycles. The first-order valence-corrected chi connectivity index (χ1v) is 7.80. The second kappa shape index (κ2) is 6.36. The Morgan fingerprint density at radius 1 is 1.22 bits per heavy atom. The van der Waals surface area contributed by atoms with E-state index in [0.717, 1.165) is 12.5 Å². The summed E-state index contributed by atoms with van der Waals surface area (Å²) in [4.78, 5) is 5.17. The van der Waals surface area contributed by atoms with Crippen molar-refractivity contribution in [2.24, 2.45) is 11.7 Å². The molecule has 1 aliphatic heterocycles. The fourth-order valence-electron chi connectivity index (χ4n) is 3.58. The summed E-state index contributed by atoms with van der Waals surface area (Å²) in [5.74, 6) is 0.900. The normalized spacial score (nSPS) is 34.3. The van der Waals surface area contributed by atoms with Gasteiger partial charge in [-0.25, -0.2) is 0 Å². The number of nitrogens with zero attached hydrogens (tertiary/aromatic N) is 2. The van der Waals surface area contributed by atoms with Crippen LogP contribution in [-0.4, -0.2) is 55.1 Å². The van der Waals surface area contributed by atoms with E-state index in [4.69, 9.17) is 5.73 Å². The zero-order chi connectivity index (χ0) is 13.0. The molecule has 1 aliphatic carbocycles. The zero-order valence-electron chi connectivity index (χ0n) is 12.3. The molecule has 0 unspecified atom stereocenters. The maximum atomic E-state index is 6.11. The zero-order valence-corrected chi connectivity index (χ0v) is 12.3. The van der Waals surface area contributed by atoms with Crippen LogP contribution in [0.5, 0.6) is 0 Å². The van der Waals surface area contributed by atoms with Gasteiger partial charge in [0, 0.05) is 25.2 Å². The molecule has 3 nitrogen and oxygen atoms in total. The van der Waals surface area contributed by atoms with Crippen molar-refractivity contribution in [1.29, 1.82) is 0 Å². The van der Waals surface area contributed by atoms with Crippen LogP contribution in [0.15, 0.2) is 0 Å². The van der Waals surface area contributed by atoms with Gasteiger partial charge in [0.25, 0.3) is 0 Å². The topological polar surface area (TPSA) is 32.5 Å². The molecular weight excluding hydrogens is 222 g/mol. The van der Waals surface area contributed by atoms with E-state index in [9.17, 15) is 0 Å². The molecule has 0 aromatic rings. The average Bonchev–Trinajstić information content (AvgIpc) is 2.90. The van der Waals surface area contributed by atoms with E-state index in [0.29, 0.717) is 5.54 Å². The molecule has 106 valence electrons. The lowest BCUT2D eigenvalue weighted by Crippen LogP contribution is -2.55. The van der Waals surface area contributed by atoms with Crippen LogP contribution in [0.2, 0.25) is 0 Å². The molecule has 2 rings (SSSR count). The molecule has 0 atom stereocenters. The summed E-state index contributed by atoms with van der Waals surface area (Å²) in [5, 5.41) is 0. The molecule has 3 heteroatoms. The van der Waals surface area contributed by atoms with E-state index < -0.39 is 0 Å². The SMILES string of the molecule is CC1CCC(CN)(N(C)CCN2CCCC2)CC1. The van der Waals surface area contributed by atoms with Gasteiger partial charge in [-0.05, 0) is 64.6 Å². The van der Waals surface area contributed by atoms with Crippen LogP contribution in [0.1, 0.15) is 45.4 Å². The van der Waals surface area contributed by atoms with Crippen LogP contribution in [0.4, 0.5) is 0 Å². The third-order valence-corrected chi connectivity index (χ3v) is 5.35. The van der Waals surface area contributed by atoms with E-state index in [1.165, 1.54) is 64.7 Å². The van der Waals surface area contributed by atoms with Crippen LogP contribution in [-0.2, 0) is 0 Å². The number of likely N-dealkylation sites (N-methyl/N-ethyl adjacent to an activating group) is 1. The Bertz CT molecular complexity index is 240. The smallest absolute Gasteiger partial charge is 0.0329 e. The van der Waals surface area contributed by atoms with Crippen molar-refractivity contribution in [3.05, 3.63) is 0 Å². The highest BCUT2D eigenvalue weighted by molar-refractivity contribution is 4.94. The van der Waals surface area contributed by atoms with E-state index in [2.05, 4.69) is 23.8 Å². The molecule has 0 amide bonds. The number of likely N-dealkylation sites (tertiary alicyclic amines) is 1. The van der Waals surface area contributed by atoms with Gasteiger partial charge in [0.1, 0.15) is 0 Å². The molecule has 0 bridgehead atoms. The lowest BCUT2D eigenvalue weighted by molar-refractivity contribution is 0.0607. The van der Waals surface area contributed by atoms with Gasteiger partial charge in [-0.3, -0.25) is 4.90 Å². The summed E-state index contributed by atoms with van der Waals surface area (Å²) in [5.41, 5.74) is 6.41. The Labute approximate surface area is 113 Å². The van der Waals surface area contributed by atoms with Gasteiger partial charge >= 0.3 is 0 Å². The second-order valence-corrected chi connectivity index (χ2v) is 6.58. The fourth-order valence-corrected chi connectivity index (χ4v) is 3.58. The quantitative estimate of drug-likeness (QED) is 0.812. The minimum atomic E-state index is 0.298. The lowest BCUT2D eigenvalue weighted by atomic mass is 9.76. The molecular formula is C15H31N3. The summed E-state index contributed by atoms with van der Waals surface area (Å²) >= 11 is 0. The van der Waals surface area contributed by atoms with Crippen LogP contribution < -0.4 is 5.73 Å². The van der Waals surface area contributed by atoms with Crippen LogP contribution in [0.3, 0.4) is 0 Å². The van der Waals surface area contributed by atoms with E-state index in [-0.39, 0.29) is 0 Å². The highest BCUT2D eigenvalue weighted by Crippen LogP contribution is 2.35. The van der Waals surface area contributed by atoms with Crippen molar-refractivity contribution < 1.29 is 0 Å². The third kappa shape index (κ3) is 3.25.